The van der Waals surface area contributed by atoms with E-state index in [1.165, 1.54) is 11.1 Å². The van der Waals surface area contributed by atoms with Crippen LogP contribution in [0.1, 0.15) is 25.0 Å². The van der Waals surface area contributed by atoms with E-state index in [0.29, 0.717) is 13.2 Å². The van der Waals surface area contributed by atoms with E-state index >= 15 is 0 Å². The Morgan fingerprint density at radius 1 is 1.24 bits per heavy atom. The van der Waals surface area contributed by atoms with Crippen molar-refractivity contribution >= 4 is 0 Å². The minimum absolute atomic E-state index is 0.224. The number of β-amino-alcohol motifs (C(OH)–C–C–N with tert-alkyl or cyclic N) is 1. The van der Waals surface area contributed by atoms with Gasteiger partial charge in [0.2, 0.25) is 0 Å². The van der Waals surface area contributed by atoms with Gasteiger partial charge in [-0.05, 0) is 51.0 Å². The molecule has 0 saturated carbocycles. The van der Waals surface area contributed by atoms with Crippen molar-refractivity contribution in [3.63, 3.8) is 0 Å². The predicted molar refractivity (Wildman–Crippen MR) is 83.9 cm³/mol. The molecule has 0 unspecified atom stereocenters. The molecule has 1 fully saturated rings. The summed E-state index contributed by atoms with van der Waals surface area (Å²) in [5.41, 5.74) is 2.46. The van der Waals surface area contributed by atoms with Gasteiger partial charge in [0, 0.05) is 19.6 Å². The van der Waals surface area contributed by atoms with E-state index in [0.717, 1.165) is 18.8 Å². The molecule has 0 radical (unpaired) electrons. The Labute approximate surface area is 127 Å². The number of nitrogens with zero attached hydrogens (tertiary/aromatic N) is 1. The Morgan fingerprint density at radius 3 is 2.52 bits per heavy atom. The second-order valence-electron chi connectivity index (χ2n) is 6.19. The van der Waals surface area contributed by atoms with Crippen LogP contribution in [0.4, 0.5) is 0 Å². The van der Waals surface area contributed by atoms with Crippen LogP contribution in [-0.2, 0) is 4.74 Å². The summed E-state index contributed by atoms with van der Waals surface area (Å²) in [5.74, 6) is 0.820. The molecule has 0 bridgehead atoms. The van der Waals surface area contributed by atoms with Crippen LogP contribution in [0.5, 0.6) is 5.75 Å². The molecule has 0 aromatic heterocycles. The summed E-state index contributed by atoms with van der Waals surface area (Å²) in [5, 5.41) is 10.2. The van der Waals surface area contributed by atoms with Crippen molar-refractivity contribution in [1.82, 2.24) is 4.90 Å². The number of aliphatic hydroxyl groups excluding tert-OH is 1. The number of ether oxygens (including phenoxy) is 2. The molecule has 118 valence electrons. The normalized spacial score (nSPS) is 24.8. The first kappa shape index (κ1) is 16.3. The van der Waals surface area contributed by atoms with E-state index in [-0.39, 0.29) is 12.2 Å². The molecule has 0 spiro atoms. The third-order valence-corrected chi connectivity index (χ3v) is 3.88. The van der Waals surface area contributed by atoms with Crippen LogP contribution in [0.2, 0.25) is 0 Å². The average Bonchev–Trinajstić information content (AvgIpc) is 2.39. The van der Waals surface area contributed by atoms with Gasteiger partial charge in [-0.3, -0.25) is 4.90 Å². The van der Waals surface area contributed by atoms with Crippen LogP contribution in [0.15, 0.2) is 18.2 Å². The van der Waals surface area contributed by atoms with Gasteiger partial charge < -0.3 is 14.6 Å². The number of hydrogen-bond donors (Lipinski definition) is 1. The standard InChI is InChI=1S/C17H27NO3/c1-12-5-6-17(7-13(12)2)20-11-16(19)10-18-8-14(3)21-15(4)9-18/h5-7,14-16,19H,8-11H2,1-4H3/t14-,15-,16+/m0/s1. The summed E-state index contributed by atoms with van der Waals surface area (Å²) in [6.45, 7) is 11.0. The quantitative estimate of drug-likeness (QED) is 0.903. The molecule has 0 amide bonds. The van der Waals surface area contributed by atoms with E-state index in [2.05, 4.69) is 32.6 Å². The van der Waals surface area contributed by atoms with Gasteiger partial charge >= 0.3 is 0 Å². The van der Waals surface area contributed by atoms with Gasteiger partial charge in [0.05, 0.1) is 12.2 Å². The second kappa shape index (κ2) is 7.25. The highest BCUT2D eigenvalue weighted by molar-refractivity contribution is 5.33. The van der Waals surface area contributed by atoms with Gasteiger partial charge in [-0.2, -0.15) is 0 Å². The average molecular weight is 293 g/mol. The fraction of sp³-hybridized carbons (Fsp3) is 0.647. The second-order valence-corrected chi connectivity index (χ2v) is 6.19. The molecule has 1 N–H and O–H groups in total. The van der Waals surface area contributed by atoms with E-state index in [9.17, 15) is 5.11 Å². The van der Waals surface area contributed by atoms with Crippen LogP contribution in [0.25, 0.3) is 0 Å². The SMILES string of the molecule is Cc1ccc(OC[C@H](O)CN2C[C@H](C)O[C@@H](C)C2)cc1C. The lowest BCUT2D eigenvalue weighted by molar-refractivity contribution is -0.0786. The lowest BCUT2D eigenvalue weighted by atomic mass is 10.1. The summed E-state index contributed by atoms with van der Waals surface area (Å²) in [6.07, 6.45) is -0.0349. The number of aryl methyl sites for hydroxylation is 2. The molecule has 1 aliphatic heterocycles. The minimum Gasteiger partial charge on any atom is -0.491 e. The number of aliphatic hydroxyl groups is 1. The molecule has 3 atom stereocenters. The zero-order chi connectivity index (χ0) is 15.4. The first-order valence-corrected chi connectivity index (χ1v) is 7.70. The minimum atomic E-state index is -0.482. The molecule has 1 aliphatic rings. The summed E-state index contributed by atoms with van der Waals surface area (Å²) < 4.78 is 11.4. The highest BCUT2D eigenvalue weighted by Crippen LogP contribution is 2.17. The Bertz CT molecular complexity index is 453. The molecule has 0 aliphatic carbocycles. The van der Waals surface area contributed by atoms with Crippen molar-refractivity contribution in [2.75, 3.05) is 26.2 Å². The van der Waals surface area contributed by atoms with Crippen molar-refractivity contribution in [2.24, 2.45) is 0 Å². The molecular formula is C17H27NO3. The van der Waals surface area contributed by atoms with E-state index in [1.807, 2.05) is 18.2 Å². The van der Waals surface area contributed by atoms with Gasteiger partial charge in [0.1, 0.15) is 18.5 Å². The van der Waals surface area contributed by atoms with E-state index < -0.39 is 6.10 Å². The summed E-state index contributed by atoms with van der Waals surface area (Å²) in [4.78, 5) is 2.24. The first-order chi connectivity index (χ1) is 9.94. The largest absolute Gasteiger partial charge is 0.491 e. The molecular weight excluding hydrogens is 266 g/mol. The molecule has 2 rings (SSSR count). The Balaban J connectivity index is 1.79. The lowest BCUT2D eigenvalue weighted by Gasteiger charge is -2.36. The molecule has 1 aromatic carbocycles. The maximum atomic E-state index is 10.2. The predicted octanol–water partition coefficient (Wildman–Crippen LogP) is 2.15. The molecule has 1 aromatic rings. The van der Waals surface area contributed by atoms with Crippen LogP contribution in [0, 0.1) is 13.8 Å². The number of hydrogen-bond acceptors (Lipinski definition) is 4. The zero-order valence-electron chi connectivity index (χ0n) is 13.5. The van der Waals surface area contributed by atoms with Crippen LogP contribution < -0.4 is 4.74 Å². The van der Waals surface area contributed by atoms with Crippen molar-refractivity contribution in [3.05, 3.63) is 29.3 Å². The van der Waals surface area contributed by atoms with Crippen LogP contribution >= 0.6 is 0 Å². The Kier molecular flexibility index (Phi) is 5.62. The summed E-state index contributed by atoms with van der Waals surface area (Å²) >= 11 is 0. The fourth-order valence-corrected chi connectivity index (χ4v) is 2.78. The van der Waals surface area contributed by atoms with Gasteiger partial charge in [0.15, 0.2) is 0 Å². The summed E-state index contributed by atoms with van der Waals surface area (Å²) in [6, 6.07) is 6.01. The molecule has 21 heavy (non-hydrogen) atoms. The zero-order valence-corrected chi connectivity index (χ0v) is 13.5. The van der Waals surface area contributed by atoms with E-state index in [1.54, 1.807) is 0 Å². The van der Waals surface area contributed by atoms with E-state index in [4.69, 9.17) is 9.47 Å². The van der Waals surface area contributed by atoms with Crippen molar-refractivity contribution in [3.8, 4) is 5.75 Å². The van der Waals surface area contributed by atoms with Crippen molar-refractivity contribution < 1.29 is 14.6 Å². The lowest BCUT2D eigenvalue weighted by Crippen LogP contribution is -2.48. The number of rotatable bonds is 5. The molecule has 1 heterocycles. The maximum absolute atomic E-state index is 10.2. The van der Waals surface area contributed by atoms with Gasteiger partial charge in [-0.25, -0.2) is 0 Å². The third-order valence-electron chi connectivity index (χ3n) is 3.88. The topological polar surface area (TPSA) is 41.9 Å². The first-order valence-electron chi connectivity index (χ1n) is 7.70. The highest BCUT2D eigenvalue weighted by Gasteiger charge is 2.23. The van der Waals surface area contributed by atoms with Gasteiger partial charge in [-0.1, -0.05) is 6.07 Å². The Morgan fingerprint density at radius 2 is 1.90 bits per heavy atom. The fourth-order valence-electron chi connectivity index (χ4n) is 2.78. The number of morpholine rings is 1. The molecule has 4 nitrogen and oxygen atoms in total. The van der Waals surface area contributed by atoms with Gasteiger partial charge in [-0.15, -0.1) is 0 Å². The Hall–Kier alpha value is -1.10. The molecule has 4 heteroatoms. The van der Waals surface area contributed by atoms with Gasteiger partial charge in [0.25, 0.3) is 0 Å². The smallest absolute Gasteiger partial charge is 0.119 e. The third kappa shape index (κ3) is 4.99. The molecule has 1 saturated heterocycles. The maximum Gasteiger partial charge on any atom is 0.119 e. The number of benzene rings is 1. The monoisotopic (exact) mass is 293 g/mol. The summed E-state index contributed by atoms with van der Waals surface area (Å²) in [7, 11) is 0. The van der Waals surface area contributed by atoms with Crippen LogP contribution in [0.3, 0.4) is 0 Å². The highest BCUT2D eigenvalue weighted by atomic mass is 16.5. The van der Waals surface area contributed by atoms with Crippen molar-refractivity contribution in [1.29, 1.82) is 0 Å². The van der Waals surface area contributed by atoms with Crippen LogP contribution in [-0.4, -0.2) is 54.6 Å². The van der Waals surface area contributed by atoms with Crippen molar-refractivity contribution in [2.45, 2.75) is 46.0 Å².